The molecule has 0 amide bonds. The minimum atomic E-state index is -0.373. The van der Waals surface area contributed by atoms with E-state index in [0.717, 1.165) is 5.56 Å². The van der Waals surface area contributed by atoms with Crippen molar-refractivity contribution < 1.29 is 9.18 Å². The van der Waals surface area contributed by atoms with Crippen LogP contribution in [0.15, 0.2) is 18.2 Å². The van der Waals surface area contributed by atoms with Crippen LogP contribution < -0.4 is 0 Å². The number of Topliss-reactive ketones (excluding diaryl/α,β-unsaturated/α-hetero) is 1. The number of benzene rings is 1. The molecule has 0 spiro atoms. The number of carbonyl (C=O) groups is 1. The van der Waals surface area contributed by atoms with Crippen LogP contribution in [0.1, 0.15) is 22.8 Å². The summed E-state index contributed by atoms with van der Waals surface area (Å²) >= 11 is 0. The minimum absolute atomic E-state index is 0.0445. The molecule has 2 heteroatoms. The average Bonchev–Trinajstić information content (AvgIpc) is 2.29. The number of rotatable bonds is 0. The highest BCUT2D eigenvalue weighted by atomic mass is 19.1. The normalized spacial score (nSPS) is 21.2. The molecule has 1 aliphatic carbocycles. The van der Waals surface area contributed by atoms with Gasteiger partial charge in [-0.3, -0.25) is 4.79 Å². The van der Waals surface area contributed by atoms with Gasteiger partial charge in [-0.1, -0.05) is 19.1 Å². The number of ketones is 1. The highest BCUT2D eigenvalue weighted by Gasteiger charge is 2.29. The zero-order valence-electron chi connectivity index (χ0n) is 6.80. The molecule has 1 atom stereocenters. The van der Waals surface area contributed by atoms with Crippen LogP contribution >= 0.6 is 0 Å². The molecule has 0 aliphatic heterocycles. The van der Waals surface area contributed by atoms with E-state index in [1.807, 2.05) is 13.0 Å². The van der Waals surface area contributed by atoms with Crippen LogP contribution in [0, 0.1) is 11.7 Å². The van der Waals surface area contributed by atoms with Crippen molar-refractivity contribution in [2.24, 2.45) is 5.92 Å². The summed E-state index contributed by atoms with van der Waals surface area (Å²) < 4.78 is 13.1. The van der Waals surface area contributed by atoms with Gasteiger partial charge < -0.3 is 0 Å². The zero-order valence-corrected chi connectivity index (χ0v) is 6.80. The van der Waals surface area contributed by atoms with Crippen molar-refractivity contribution in [3.8, 4) is 0 Å². The van der Waals surface area contributed by atoms with Gasteiger partial charge in [-0.2, -0.15) is 0 Å². The quantitative estimate of drug-likeness (QED) is 0.574. The summed E-state index contributed by atoms with van der Waals surface area (Å²) in [5, 5.41) is 0. The van der Waals surface area contributed by atoms with Crippen molar-refractivity contribution in [1.29, 1.82) is 0 Å². The maximum atomic E-state index is 13.1. The van der Waals surface area contributed by atoms with E-state index in [4.69, 9.17) is 0 Å². The van der Waals surface area contributed by atoms with Gasteiger partial charge >= 0.3 is 0 Å². The van der Waals surface area contributed by atoms with E-state index >= 15 is 0 Å². The van der Waals surface area contributed by atoms with E-state index in [9.17, 15) is 9.18 Å². The molecule has 1 unspecified atom stereocenters. The third kappa shape index (κ3) is 0.876. The van der Waals surface area contributed by atoms with Crippen LogP contribution in [0.5, 0.6) is 0 Å². The molecule has 0 aromatic heterocycles. The smallest absolute Gasteiger partial charge is 0.169 e. The number of hydrogen-bond donors (Lipinski definition) is 0. The van der Waals surface area contributed by atoms with Gasteiger partial charge in [-0.15, -0.1) is 0 Å². The molecule has 0 fully saturated rings. The molecule has 1 aliphatic rings. The van der Waals surface area contributed by atoms with Crippen molar-refractivity contribution in [3.05, 3.63) is 35.1 Å². The Kier molecular flexibility index (Phi) is 1.50. The molecule has 0 radical (unpaired) electrons. The lowest BCUT2D eigenvalue weighted by molar-refractivity contribution is 0.0943. The third-order valence-corrected chi connectivity index (χ3v) is 2.32. The summed E-state index contributed by atoms with van der Waals surface area (Å²) in [5.41, 5.74) is 1.16. The molecule has 1 aromatic rings. The summed E-state index contributed by atoms with van der Waals surface area (Å²) in [6.45, 7) is 1.84. The molecule has 0 heterocycles. The molecule has 2 rings (SSSR count). The minimum Gasteiger partial charge on any atom is -0.294 e. The van der Waals surface area contributed by atoms with Crippen LogP contribution in [-0.4, -0.2) is 5.78 Å². The van der Waals surface area contributed by atoms with Crippen molar-refractivity contribution >= 4 is 5.78 Å². The summed E-state index contributed by atoms with van der Waals surface area (Å²) in [7, 11) is 0. The van der Waals surface area contributed by atoms with Gasteiger partial charge in [0.05, 0.1) is 5.56 Å². The van der Waals surface area contributed by atoms with E-state index in [1.165, 1.54) is 6.07 Å². The first-order valence-corrected chi connectivity index (χ1v) is 4.01. The molecule has 0 N–H and O–H groups in total. The summed E-state index contributed by atoms with van der Waals surface area (Å²) in [4.78, 5) is 11.4. The van der Waals surface area contributed by atoms with Gasteiger partial charge in [0.25, 0.3) is 0 Å². The number of carbonyl (C=O) groups excluding carboxylic acids is 1. The van der Waals surface area contributed by atoms with Gasteiger partial charge in [-0.05, 0) is 18.1 Å². The second kappa shape index (κ2) is 2.41. The summed E-state index contributed by atoms with van der Waals surface area (Å²) in [5.74, 6) is -0.471. The van der Waals surface area contributed by atoms with Crippen LogP contribution in [0.4, 0.5) is 4.39 Å². The monoisotopic (exact) mass is 164 g/mol. The Hall–Kier alpha value is -1.18. The Bertz CT molecular complexity index is 344. The number of hydrogen-bond acceptors (Lipinski definition) is 1. The van der Waals surface area contributed by atoms with Crippen LogP contribution in [0.25, 0.3) is 0 Å². The molecule has 0 saturated heterocycles. The van der Waals surface area contributed by atoms with Gasteiger partial charge in [0.2, 0.25) is 0 Å². The SMILES string of the molecule is CC1Cc2cccc(F)c2C1=O. The Morgan fingerprint density at radius 3 is 2.92 bits per heavy atom. The Morgan fingerprint density at radius 1 is 1.50 bits per heavy atom. The second-order valence-electron chi connectivity index (χ2n) is 3.24. The molecule has 0 bridgehead atoms. The van der Waals surface area contributed by atoms with Gasteiger partial charge in [-0.25, -0.2) is 4.39 Å². The molecule has 12 heavy (non-hydrogen) atoms. The van der Waals surface area contributed by atoms with Crippen molar-refractivity contribution in [3.63, 3.8) is 0 Å². The van der Waals surface area contributed by atoms with Gasteiger partial charge in [0.15, 0.2) is 5.78 Å². The van der Waals surface area contributed by atoms with Crippen molar-refractivity contribution in [2.75, 3.05) is 0 Å². The lowest BCUT2D eigenvalue weighted by atomic mass is 10.1. The molecular weight excluding hydrogens is 155 g/mol. The van der Waals surface area contributed by atoms with E-state index in [0.29, 0.717) is 12.0 Å². The molecule has 1 nitrogen and oxygen atoms in total. The molecule has 62 valence electrons. The fraction of sp³-hybridized carbons (Fsp3) is 0.300. The fourth-order valence-electron chi connectivity index (χ4n) is 1.68. The fourth-order valence-corrected chi connectivity index (χ4v) is 1.68. The average molecular weight is 164 g/mol. The van der Waals surface area contributed by atoms with Crippen LogP contribution in [0.3, 0.4) is 0 Å². The van der Waals surface area contributed by atoms with Crippen molar-refractivity contribution in [1.82, 2.24) is 0 Å². The molecule has 1 aromatic carbocycles. The van der Waals surface area contributed by atoms with Crippen LogP contribution in [0.2, 0.25) is 0 Å². The van der Waals surface area contributed by atoms with Crippen LogP contribution in [-0.2, 0) is 6.42 Å². The summed E-state index contributed by atoms with van der Waals surface area (Å²) in [6.07, 6.45) is 0.686. The Balaban J connectivity index is 2.62. The predicted molar refractivity (Wildman–Crippen MR) is 43.6 cm³/mol. The topological polar surface area (TPSA) is 17.1 Å². The zero-order chi connectivity index (χ0) is 8.72. The first kappa shape index (κ1) is 7.47. The number of halogens is 1. The molecule has 0 saturated carbocycles. The van der Waals surface area contributed by atoms with E-state index in [1.54, 1.807) is 6.07 Å². The second-order valence-corrected chi connectivity index (χ2v) is 3.24. The number of fused-ring (bicyclic) bond motifs is 1. The molecular formula is C10H9FO. The maximum absolute atomic E-state index is 13.1. The Labute approximate surface area is 70.2 Å². The summed E-state index contributed by atoms with van der Waals surface area (Å²) in [6, 6.07) is 4.81. The largest absolute Gasteiger partial charge is 0.294 e. The first-order valence-electron chi connectivity index (χ1n) is 4.01. The Morgan fingerprint density at radius 2 is 2.25 bits per heavy atom. The predicted octanol–water partition coefficient (Wildman–Crippen LogP) is 2.20. The maximum Gasteiger partial charge on any atom is 0.169 e. The lowest BCUT2D eigenvalue weighted by Gasteiger charge is -1.96. The first-order chi connectivity index (χ1) is 5.70. The highest BCUT2D eigenvalue weighted by molar-refractivity contribution is 6.02. The third-order valence-electron chi connectivity index (χ3n) is 2.32. The standard InChI is InChI=1S/C10H9FO/c1-6-5-7-3-2-4-8(11)9(7)10(6)12/h2-4,6H,5H2,1H3. The lowest BCUT2D eigenvalue weighted by Crippen LogP contribution is -2.04. The van der Waals surface area contributed by atoms with E-state index < -0.39 is 0 Å². The highest BCUT2D eigenvalue weighted by Crippen LogP contribution is 2.27. The van der Waals surface area contributed by atoms with E-state index in [-0.39, 0.29) is 17.5 Å². The van der Waals surface area contributed by atoms with Gasteiger partial charge in [0.1, 0.15) is 5.82 Å². The van der Waals surface area contributed by atoms with E-state index in [2.05, 4.69) is 0 Å². The van der Waals surface area contributed by atoms with Crippen molar-refractivity contribution in [2.45, 2.75) is 13.3 Å². The van der Waals surface area contributed by atoms with Gasteiger partial charge in [0, 0.05) is 5.92 Å².